The van der Waals surface area contributed by atoms with Crippen LogP contribution in [0, 0.1) is 11.8 Å². The van der Waals surface area contributed by atoms with Gasteiger partial charge < -0.3 is 27.0 Å². The molecule has 7 amide bonds. The first-order valence-corrected chi connectivity index (χ1v) is 13.5. The van der Waals surface area contributed by atoms with Gasteiger partial charge in [-0.3, -0.25) is 28.9 Å². The van der Waals surface area contributed by atoms with Crippen molar-refractivity contribution in [1.29, 1.82) is 0 Å². The highest BCUT2D eigenvalue weighted by Gasteiger charge is 2.29. The standard InChI is InChI=1S/C26H43BN6O6/c1-16(2)19(15-27)31-24(37)18(9-8-13-29-26(28)39)30-25(38)23(17(3)4)32-20(34)10-6-5-7-14-33-21(35)11-12-22(33)36/h11-12,16-19,23H,5-10,13-15H2,1-4H3,(H,30,38)(H,31,37)(H,32,34)(H3,28,29,39)/t18-,19?,23?/m0/s1. The van der Waals surface area contributed by atoms with Crippen molar-refractivity contribution in [2.75, 3.05) is 13.1 Å². The van der Waals surface area contributed by atoms with Crippen LogP contribution in [0.15, 0.2) is 12.2 Å². The number of unbranched alkanes of at least 4 members (excludes halogenated alkanes) is 2. The maximum absolute atomic E-state index is 13.2. The third-order valence-corrected chi connectivity index (χ3v) is 6.44. The minimum atomic E-state index is -0.899. The number of primary amides is 1. The van der Waals surface area contributed by atoms with Crippen LogP contribution < -0.4 is 27.0 Å². The van der Waals surface area contributed by atoms with Gasteiger partial charge in [0.1, 0.15) is 12.1 Å². The van der Waals surface area contributed by atoms with Crippen molar-refractivity contribution < 1.29 is 28.8 Å². The average Bonchev–Trinajstić information content (AvgIpc) is 3.18. The Morgan fingerprint density at radius 3 is 2.05 bits per heavy atom. The number of imide groups is 1. The van der Waals surface area contributed by atoms with Gasteiger partial charge in [-0.2, -0.15) is 0 Å². The lowest BCUT2D eigenvalue weighted by Gasteiger charge is -2.28. The SMILES string of the molecule is [B]CC(NC(=O)[C@H](CCCNC(N)=O)NC(=O)C(NC(=O)CCCCCN1C(=O)C=CC1=O)C(C)C)C(C)C. The second-order valence-electron chi connectivity index (χ2n) is 10.4. The molecule has 3 atom stereocenters. The van der Waals surface area contributed by atoms with Gasteiger partial charge in [0.25, 0.3) is 11.8 Å². The molecule has 0 spiro atoms. The molecule has 0 saturated carbocycles. The summed E-state index contributed by atoms with van der Waals surface area (Å²) in [6, 6.07) is -2.72. The van der Waals surface area contributed by atoms with E-state index in [4.69, 9.17) is 13.6 Å². The van der Waals surface area contributed by atoms with Crippen molar-refractivity contribution in [2.24, 2.45) is 17.6 Å². The molecule has 0 aromatic rings. The topological polar surface area (TPSA) is 180 Å². The van der Waals surface area contributed by atoms with Crippen molar-refractivity contribution in [3.63, 3.8) is 0 Å². The number of rotatable bonds is 18. The molecule has 12 nitrogen and oxygen atoms in total. The van der Waals surface area contributed by atoms with Gasteiger partial charge >= 0.3 is 6.03 Å². The first-order chi connectivity index (χ1) is 18.4. The summed E-state index contributed by atoms with van der Waals surface area (Å²) >= 11 is 0. The fourth-order valence-electron chi connectivity index (χ4n) is 3.99. The van der Waals surface area contributed by atoms with Crippen LogP contribution in [0.25, 0.3) is 0 Å². The Labute approximate surface area is 232 Å². The first-order valence-electron chi connectivity index (χ1n) is 13.5. The Kier molecular flexibility index (Phi) is 14.9. The summed E-state index contributed by atoms with van der Waals surface area (Å²) in [7, 11) is 5.78. The van der Waals surface area contributed by atoms with Crippen molar-refractivity contribution in [2.45, 2.75) is 90.7 Å². The van der Waals surface area contributed by atoms with Gasteiger partial charge in [-0.05, 0) is 37.5 Å². The van der Waals surface area contributed by atoms with Gasteiger partial charge in [-0.1, -0.05) is 40.4 Å². The quantitative estimate of drug-likeness (QED) is 0.0935. The van der Waals surface area contributed by atoms with Crippen molar-refractivity contribution >= 4 is 43.4 Å². The summed E-state index contributed by atoms with van der Waals surface area (Å²) in [6.07, 6.45) is 5.23. The Balaban J connectivity index is 2.67. The predicted octanol–water partition coefficient (Wildman–Crippen LogP) is 0.274. The molecule has 0 aromatic carbocycles. The number of amides is 7. The second kappa shape index (κ2) is 17.3. The van der Waals surface area contributed by atoms with E-state index in [-0.39, 0.29) is 61.3 Å². The van der Waals surface area contributed by atoms with E-state index in [0.29, 0.717) is 32.2 Å². The number of hydrogen-bond acceptors (Lipinski definition) is 6. The lowest BCUT2D eigenvalue weighted by molar-refractivity contribution is -0.137. The Bertz CT molecular complexity index is 891. The fourth-order valence-corrected chi connectivity index (χ4v) is 3.99. The number of hydrogen-bond donors (Lipinski definition) is 5. The van der Waals surface area contributed by atoms with Gasteiger partial charge in [-0.25, -0.2) is 4.79 Å². The van der Waals surface area contributed by atoms with Gasteiger partial charge in [0, 0.05) is 37.7 Å². The van der Waals surface area contributed by atoms with E-state index in [0.717, 1.165) is 4.90 Å². The van der Waals surface area contributed by atoms with E-state index in [9.17, 15) is 28.8 Å². The molecule has 2 radical (unpaired) electrons. The molecule has 0 saturated heterocycles. The molecular formula is C26H43BN6O6. The molecule has 1 rings (SSSR count). The molecular weight excluding hydrogens is 503 g/mol. The fraction of sp³-hybridized carbons (Fsp3) is 0.692. The summed E-state index contributed by atoms with van der Waals surface area (Å²) in [4.78, 5) is 74.0. The van der Waals surface area contributed by atoms with Crippen LogP contribution in [0.5, 0.6) is 0 Å². The number of urea groups is 1. The first kappa shape index (κ1) is 33.7. The minimum absolute atomic E-state index is 0.0857. The molecule has 216 valence electrons. The highest BCUT2D eigenvalue weighted by atomic mass is 16.2. The molecule has 13 heteroatoms. The van der Waals surface area contributed by atoms with E-state index in [2.05, 4.69) is 21.3 Å². The zero-order chi connectivity index (χ0) is 29.5. The lowest BCUT2D eigenvalue weighted by Crippen LogP contribution is -2.56. The minimum Gasteiger partial charge on any atom is -0.352 e. The number of carbonyl (C=O) groups excluding carboxylic acids is 6. The van der Waals surface area contributed by atoms with E-state index in [1.165, 1.54) is 12.2 Å². The molecule has 1 heterocycles. The predicted molar refractivity (Wildman–Crippen MR) is 147 cm³/mol. The molecule has 0 bridgehead atoms. The molecule has 39 heavy (non-hydrogen) atoms. The maximum atomic E-state index is 13.2. The average molecular weight is 546 g/mol. The number of nitrogens with zero attached hydrogens (tertiary/aromatic N) is 1. The summed E-state index contributed by atoms with van der Waals surface area (Å²) in [5, 5.41) is 10.8. The largest absolute Gasteiger partial charge is 0.352 e. The Morgan fingerprint density at radius 1 is 0.872 bits per heavy atom. The third-order valence-electron chi connectivity index (χ3n) is 6.44. The van der Waals surface area contributed by atoms with Gasteiger partial charge in [0.15, 0.2) is 0 Å². The van der Waals surface area contributed by atoms with E-state index < -0.39 is 29.9 Å². The van der Waals surface area contributed by atoms with Crippen molar-refractivity contribution in [3.05, 3.63) is 12.2 Å². The summed E-state index contributed by atoms with van der Waals surface area (Å²) in [6.45, 7) is 7.96. The van der Waals surface area contributed by atoms with Crippen LogP contribution in [0.2, 0.25) is 6.32 Å². The highest BCUT2D eigenvalue weighted by Crippen LogP contribution is 2.10. The van der Waals surface area contributed by atoms with E-state index >= 15 is 0 Å². The van der Waals surface area contributed by atoms with Gasteiger partial charge in [-0.15, -0.1) is 0 Å². The lowest BCUT2D eigenvalue weighted by atomic mass is 9.89. The smallest absolute Gasteiger partial charge is 0.312 e. The Hall–Kier alpha value is -3.38. The van der Waals surface area contributed by atoms with Gasteiger partial charge in [0.2, 0.25) is 17.7 Å². The monoisotopic (exact) mass is 546 g/mol. The second-order valence-corrected chi connectivity index (χ2v) is 10.4. The van der Waals surface area contributed by atoms with Crippen LogP contribution in [0.3, 0.4) is 0 Å². The van der Waals surface area contributed by atoms with Crippen LogP contribution >= 0.6 is 0 Å². The molecule has 0 fully saturated rings. The highest BCUT2D eigenvalue weighted by molar-refractivity contribution is 6.12. The zero-order valence-electron chi connectivity index (χ0n) is 23.5. The molecule has 1 aliphatic heterocycles. The van der Waals surface area contributed by atoms with E-state index in [1.54, 1.807) is 13.8 Å². The molecule has 0 aliphatic carbocycles. The number of carbonyl (C=O) groups is 6. The summed E-state index contributed by atoms with van der Waals surface area (Å²) in [5.41, 5.74) is 5.09. The zero-order valence-corrected chi connectivity index (χ0v) is 23.5. The molecule has 1 aliphatic rings. The molecule has 6 N–H and O–H groups in total. The third kappa shape index (κ3) is 12.4. The molecule has 2 unspecified atom stereocenters. The Morgan fingerprint density at radius 2 is 1.51 bits per heavy atom. The van der Waals surface area contributed by atoms with Crippen molar-refractivity contribution in [1.82, 2.24) is 26.2 Å². The van der Waals surface area contributed by atoms with Gasteiger partial charge in [0.05, 0.1) is 7.85 Å². The summed E-state index contributed by atoms with van der Waals surface area (Å²) < 4.78 is 0. The summed E-state index contributed by atoms with van der Waals surface area (Å²) in [5.74, 6) is -2.03. The van der Waals surface area contributed by atoms with Crippen molar-refractivity contribution in [3.8, 4) is 0 Å². The maximum Gasteiger partial charge on any atom is 0.312 e. The molecule has 0 aromatic heterocycles. The van der Waals surface area contributed by atoms with Crippen LogP contribution in [0.1, 0.15) is 66.2 Å². The van der Waals surface area contributed by atoms with E-state index in [1.807, 2.05) is 13.8 Å². The normalized spacial score (nSPS) is 15.3. The number of nitrogens with one attached hydrogen (secondary N) is 4. The van der Waals surface area contributed by atoms with Crippen LogP contribution in [0.4, 0.5) is 4.79 Å². The van der Waals surface area contributed by atoms with Crippen LogP contribution in [-0.4, -0.2) is 79.5 Å². The van der Waals surface area contributed by atoms with Crippen LogP contribution in [-0.2, 0) is 24.0 Å². The number of nitrogens with two attached hydrogens (primary N) is 1.